The van der Waals surface area contributed by atoms with Gasteiger partial charge >= 0.3 is 0 Å². The molecule has 0 bridgehead atoms. The lowest BCUT2D eigenvalue weighted by atomic mass is 9.92. The number of ketones is 2. The Balaban J connectivity index is 2.05. The summed E-state index contributed by atoms with van der Waals surface area (Å²) in [4.78, 5) is 24.3. The van der Waals surface area contributed by atoms with Gasteiger partial charge in [0.15, 0.2) is 11.6 Å². The molecule has 102 valence electrons. The van der Waals surface area contributed by atoms with E-state index in [9.17, 15) is 9.59 Å². The molecule has 2 nitrogen and oxygen atoms in total. The summed E-state index contributed by atoms with van der Waals surface area (Å²) in [5, 5.41) is 0.592. The minimum atomic E-state index is -0.344. The summed E-state index contributed by atoms with van der Waals surface area (Å²) in [5.41, 5.74) is 1.23. The highest BCUT2D eigenvalue weighted by molar-refractivity contribution is 6.30. The summed E-state index contributed by atoms with van der Waals surface area (Å²) in [6.07, 6.45) is 0.214. The van der Waals surface area contributed by atoms with E-state index in [2.05, 4.69) is 0 Å². The van der Waals surface area contributed by atoms with Crippen LogP contribution in [0.1, 0.15) is 34.1 Å². The van der Waals surface area contributed by atoms with E-state index < -0.39 is 0 Å². The number of halogens is 1. The fourth-order valence-corrected chi connectivity index (χ4v) is 2.14. The number of Topliss-reactive ketones (excluding diaryl/α,β-unsaturated/α-hetero) is 2. The number of carbonyl (C=O) groups is 2. The van der Waals surface area contributed by atoms with Crippen LogP contribution in [0.25, 0.3) is 0 Å². The summed E-state index contributed by atoms with van der Waals surface area (Å²) in [5.74, 6) is -0.393. The molecule has 2 aromatic rings. The van der Waals surface area contributed by atoms with Crippen LogP contribution in [0.5, 0.6) is 0 Å². The zero-order valence-corrected chi connectivity index (χ0v) is 11.9. The molecule has 0 radical (unpaired) electrons. The molecule has 0 aliphatic heterocycles. The molecule has 0 aliphatic rings. The van der Waals surface area contributed by atoms with Crippen molar-refractivity contribution < 1.29 is 9.59 Å². The molecular formula is C17H15ClO2. The fraction of sp³-hybridized carbons (Fsp3) is 0.176. The molecule has 0 spiro atoms. The van der Waals surface area contributed by atoms with Crippen molar-refractivity contribution in [3.63, 3.8) is 0 Å². The van der Waals surface area contributed by atoms with Crippen LogP contribution >= 0.6 is 11.6 Å². The summed E-state index contributed by atoms with van der Waals surface area (Å²) < 4.78 is 0. The van der Waals surface area contributed by atoms with Crippen LogP contribution in [0, 0.1) is 5.92 Å². The third kappa shape index (κ3) is 3.55. The number of hydrogen-bond acceptors (Lipinski definition) is 2. The molecule has 0 N–H and O–H groups in total. The lowest BCUT2D eigenvalue weighted by Gasteiger charge is -2.10. The lowest BCUT2D eigenvalue weighted by Crippen LogP contribution is -2.15. The number of rotatable bonds is 5. The van der Waals surface area contributed by atoms with Crippen molar-refractivity contribution in [3.8, 4) is 0 Å². The van der Waals surface area contributed by atoms with Gasteiger partial charge < -0.3 is 0 Å². The molecule has 0 aromatic heterocycles. The molecule has 2 rings (SSSR count). The van der Waals surface area contributed by atoms with E-state index in [4.69, 9.17) is 11.6 Å². The summed E-state index contributed by atoms with van der Waals surface area (Å²) in [6.45, 7) is 1.78. The van der Waals surface area contributed by atoms with Crippen molar-refractivity contribution in [3.05, 3.63) is 70.7 Å². The number of carbonyl (C=O) groups excluding carboxylic acids is 2. The van der Waals surface area contributed by atoms with Crippen LogP contribution in [0.3, 0.4) is 0 Å². The Morgan fingerprint density at radius 1 is 0.950 bits per heavy atom. The van der Waals surface area contributed by atoms with Crippen molar-refractivity contribution in [1.82, 2.24) is 0 Å². The molecule has 1 unspecified atom stereocenters. The summed E-state index contributed by atoms with van der Waals surface area (Å²) in [7, 11) is 0. The van der Waals surface area contributed by atoms with Gasteiger partial charge in [-0.25, -0.2) is 0 Å². The second-order valence-corrected chi connectivity index (χ2v) is 5.20. The first-order valence-corrected chi connectivity index (χ1v) is 6.84. The third-order valence-corrected chi connectivity index (χ3v) is 3.42. The monoisotopic (exact) mass is 286 g/mol. The highest BCUT2D eigenvalue weighted by Crippen LogP contribution is 2.17. The van der Waals surface area contributed by atoms with E-state index >= 15 is 0 Å². The number of benzene rings is 2. The molecule has 2 aromatic carbocycles. The van der Waals surface area contributed by atoms with Gasteiger partial charge in [0.2, 0.25) is 0 Å². The smallest absolute Gasteiger partial charge is 0.166 e. The Morgan fingerprint density at radius 2 is 1.55 bits per heavy atom. The SMILES string of the molecule is CC(CC(=O)c1ccccc1)C(=O)c1ccc(Cl)cc1. The van der Waals surface area contributed by atoms with Gasteiger partial charge in [-0.3, -0.25) is 9.59 Å². The molecule has 1 atom stereocenters. The Hall–Kier alpha value is -1.93. The normalized spacial score (nSPS) is 11.9. The van der Waals surface area contributed by atoms with Crippen LogP contribution in [-0.4, -0.2) is 11.6 Å². The predicted octanol–water partition coefficient (Wildman–Crippen LogP) is 4.43. The van der Waals surface area contributed by atoms with Gasteiger partial charge in [-0.05, 0) is 24.3 Å². The first-order valence-electron chi connectivity index (χ1n) is 6.46. The predicted molar refractivity (Wildman–Crippen MR) is 80.3 cm³/mol. The van der Waals surface area contributed by atoms with Gasteiger partial charge in [-0.15, -0.1) is 0 Å². The van der Waals surface area contributed by atoms with Gasteiger partial charge in [-0.1, -0.05) is 48.9 Å². The Morgan fingerprint density at radius 3 is 2.15 bits per heavy atom. The lowest BCUT2D eigenvalue weighted by molar-refractivity contribution is 0.0863. The Bertz CT molecular complexity index is 603. The minimum Gasteiger partial charge on any atom is -0.294 e. The van der Waals surface area contributed by atoms with E-state index in [1.807, 2.05) is 18.2 Å². The van der Waals surface area contributed by atoms with Crippen molar-refractivity contribution in [2.45, 2.75) is 13.3 Å². The maximum Gasteiger partial charge on any atom is 0.166 e. The standard InChI is InChI=1S/C17H15ClO2/c1-12(11-16(19)13-5-3-2-4-6-13)17(20)14-7-9-15(18)10-8-14/h2-10,12H,11H2,1H3. The number of hydrogen-bond donors (Lipinski definition) is 0. The van der Waals surface area contributed by atoms with Gasteiger partial charge in [0.05, 0.1) is 0 Å². The molecule has 20 heavy (non-hydrogen) atoms. The fourth-order valence-electron chi connectivity index (χ4n) is 2.01. The summed E-state index contributed by atoms with van der Waals surface area (Å²) in [6, 6.07) is 15.8. The average molecular weight is 287 g/mol. The van der Waals surface area contributed by atoms with Gasteiger partial charge in [0, 0.05) is 28.5 Å². The van der Waals surface area contributed by atoms with Crippen LogP contribution in [0.15, 0.2) is 54.6 Å². The third-order valence-electron chi connectivity index (χ3n) is 3.16. The van der Waals surface area contributed by atoms with Crippen LogP contribution < -0.4 is 0 Å². The second-order valence-electron chi connectivity index (χ2n) is 4.77. The second kappa shape index (κ2) is 6.49. The van der Waals surface area contributed by atoms with E-state index in [1.54, 1.807) is 43.3 Å². The van der Waals surface area contributed by atoms with Gasteiger partial charge in [-0.2, -0.15) is 0 Å². The quantitative estimate of drug-likeness (QED) is 0.762. The average Bonchev–Trinajstić information content (AvgIpc) is 2.48. The highest BCUT2D eigenvalue weighted by atomic mass is 35.5. The van der Waals surface area contributed by atoms with Crippen molar-refractivity contribution >= 4 is 23.2 Å². The molecule has 0 aliphatic carbocycles. The van der Waals surface area contributed by atoms with Crippen LogP contribution in [0.4, 0.5) is 0 Å². The molecule has 0 saturated heterocycles. The van der Waals surface area contributed by atoms with Crippen molar-refractivity contribution in [1.29, 1.82) is 0 Å². The van der Waals surface area contributed by atoms with Crippen LogP contribution in [-0.2, 0) is 0 Å². The van der Waals surface area contributed by atoms with E-state index in [-0.39, 0.29) is 23.9 Å². The topological polar surface area (TPSA) is 34.1 Å². The zero-order valence-electron chi connectivity index (χ0n) is 11.2. The maximum absolute atomic E-state index is 12.2. The Labute approximate surface area is 123 Å². The largest absolute Gasteiger partial charge is 0.294 e. The maximum atomic E-state index is 12.2. The van der Waals surface area contributed by atoms with E-state index in [0.29, 0.717) is 16.1 Å². The van der Waals surface area contributed by atoms with E-state index in [1.165, 1.54) is 0 Å². The first-order chi connectivity index (χ1) is 9.58. The summed E-state index contributed by atoms with van der Waals surface area (Å²) >= 11 is 5.79. The highest BCUT2D eigenvalue weighted by Gasteiger charge is 2.19. The van der Waals surface area contributed by atoms with Crippen molar-refractivity contribution in [2.24, 2.45) is 5.92 Å². The van der Waals surface area contributed by atoms with E-state index in [0.717, 1.165) is 0 Å². The molecule has 0 saturated carbocycles. The van der Waals surface area contributed by atoms with Gasteiger partial charge in [0.1, 0.15) is 0 Å². The molecule has 0 fully saturated rings. The van der Waals surface area contributed by atoms with Gasteiger partial charge in [0.25, 0.3) is 0 Å². The minimum absolute atomic E-state index is 0.0135. The first kappa shape index (κ1) is 14.5. The Kier molecular flexibility index (Phi) is 4.70. The van der Waals surface area contributed by atoms with Crippen LogP contribution in [0.2, 0.25) is 5.02 Å². The zero-order chi connectivity index (χ0) is 14.5. The molecule has 3 heteroatoms. The molecular weight excluding hydrogens is 272 g/mol. The molecule has 0 amide bonds. The van der Waals surface area contributed by atoms with Crippen molar-refractivity contribution in [2.75, 3.05) is 0 Å². The molecule has 0 heterocycles.